The van der Waals surface area contributed by atoms with E-state index in [-0.39, 0.29) is 23.0 Å². The number of amides is 1. The van der Waals surface area contributed by atoms with E-state index in [1.54, 1.807) is 41.0 Å². The van der Waals surface area contributed by atoms with Gasteiger partial charge in [0.2, 0.25) is 5.91 Å². The molecule has 1 amide bonds. The lowest BCUT2D eigenvalue weighted by Crippen LogP contribution is -2.25. The van der Waals surface area contributed by atoms with Crippen LogP contribution >= 0.6 is 11.8 Å². The number of nitrogens with zero attached hydrogens (tertiary/aromatic N) is 2. The maximum absolute atomic E-state index is 13.2. The molecule has 0 aliphatic rings. The summed E-state index contributed by atoms with van der Waals surface area (Å²) in [5, 5.41) is 3.80. The molecule has 4 rings (SSSR count). The molecule has 1 N–H and O–H groups in total. The van der Waals surface area contributed by atoms with Gasteiger partial charge in [-0.05, 0) is 43.7 Å². The number of hydrogen-bond acceptors (Lipinski definition) is 5. The molecule has 0 spiro atoms. The minimum atomic E-state index is -0.280. The van der Waals surface area contributed by atoms with Crippen molar-refractivity contribution in [3.05, 3.63) is 99.8 Å². The molecule has 1 aromatic heterocycles. The fraction of sp³-hybridized carbons (Fsp3) is 0.154. The third kappa shape index (κ3) is 5.21. The maximum atomic E-state index is 13.2. The van der Waals surface area contributed by atoms with Crippen LogP contribution in [-0.4, -0.2) is 27.0 Å². The van der Waals surface area contributed by atoms with E-state index in [1.165, 1.54) is 18.7 Å². The highest BCUT2D eigenvalue weighted by Crippen LogP contribution is 2.21. The van der Waals surface area contributed by atoms with Crippen LogP contribution in [0.15, 0.2) is 82.7 Å². The van der Waals surface area contributed by atoms with Crippen molar-refractivity contribution in [2.75, 3.05) is 11.1 Å². The monoisotopic (exact) mass is 457 g/mol. The number of rotatable bonds is 7. The Morgan fingerprint density at radius 3 is 2.42 bits per heavy atom. The van der Waals surface area contributed by atoms with Crippen molar-refractivity contribution in [2.24, 2.45) is 0 Å². The number of hydrogen-bond donors (Lipinski definition) is 1. The summed E-state index contributed by atoms with van der Waals surface area (Å²) in [6.45, 7) is 3.83. The molecule has 0 radical (unpaired) electrons. The van der Waals surface area contributed by atoms with Gasteiger partial charge in [0.15, 0.2) is 10.9 Å². The zero-order chi connectivity index (χ0) is 23.4. The average Bonchev–Trinajstić information content (AvgIpc) is 2.81. The lowest BCUT2D eigenvalue weighted by molar-refractivity contribution is -0.113. The van der Waals surface area contributed by atoms with E-state index in [9.17, 15) is 14.4 Å². The minimum Gasteiger partial charge on any atom is -0.325 e. The summed E-state index contributed by atoms with van der Waals surface area (Å²) in [5.74, 6) is -0.357. The topological polar surface area (TPSA) is 81.1 Å². The van der Waals surface area contributed by atoms with Gasteiger partial charge < -0.3 is 5.32 Å². The van der Waals surface area contributed by atoms with Crippen LogP contribution in [0.25, 0.3) is 10.9 Å². The van der Waals surface area contributed by atoms with Gasteiger partial charge in [0, 0.05) is 5.56 Å². The van der Waals surface area contributed by atoms with E-state index in [2.05, 4.69) is 10.3 Å². The second-order valence-corrected chi connectivity index (χ2v) is 8.67. The molecule has 7 heteroatoms. The zero-order valence-corrected chi connectivity index (χ0v) is 19.2. The molecule has 0 bridgehead atoms. The Labute approximate surface area is 195 Å². The molecule has 0 unspecified atom stereocenters. The Morgan fingerprint density at radius 2 is 1.67 bits per heavy atom. The predicted octanol–water partition coefficient (Wildman–Crippen LogP) is 4.69. The van der Waals surface area contributed by atoms with Crippen LogP contribution in [-0.2, 0) is 11.3 Å². The Balaban J connectivity index is 1.61. The number of aryl methyl sites for hydroxylation is 1. The summed E-state index contributed by atoms with van der Waals surface area (Å²) in [5.41, 5.74) is 3.48. The van der Waals surface area contributed by atoms with Crippen LogP contribution in [0.1, 0.15) is 28.4 Å². The Hall–Kier alpha value is -3.71. The second kappa shape index (κ2) is 9.83. The van der Waals surface area contributed by atoms with Crippen LogP contribution in [0.5, 0.6) is 0 Å². The van der Waals surface area contributed by atoms with E-state index < -0.39 is 0 Å². The van der Waals surface area contributed by atoms with Gasteiger partial charge in [-0.1, -0.05) is 65.9 Å². The highest BCUT2D eigenvalue weighted by Gasteiger charge is 2.15. The molecule has 33 heavy (non-hydrogen) atoms. The van der Waals surface area contributed by atoms with Crippen LogP contribution in [0.4, 0.5) is 5.69 Å². The van der Waals surface area contributed by atoms with Crippen LogP contribution in [0, 0.1) is 6.92 Å². The standard InChI is InChI=1S/C26H23N3O3S/c1-17-11-13-19(14-12-17)15-29-25(32)21-8-4-6-10-23(21)28-26(29)33-16-24(31)27-22-9-5-3-7-20(22)18(2)30/h3-14H,15-16H2,1-2H3,(H,27,31). The number of thioether (sulfide) groups is 1. The summed E-state index contributed by atoms with van der Waals surface area (Å²) < 4.78 is 1.61. The van der Waals surface area contributed by atoms with Crippen molar-refractivity contribution < 1.29 is 9.59 Å². The number of ketones is 1. The van der Waals surface area contributed by atoms with Gasteiger partial charge in [0.05, 0.1) is 28.9 Å². The van der Waals surface area contributed by atoms with E-state index >= 15 is 0 Å². The number of carbonyl (C=O) groups is 2. The number of aromatic nitrogens is 2. The molecule has 166 valence electrons. The SMILES string of the molecule is CC(=O)c1ccccc1NC(=O)CSc1nc2ccccc2c(=O)n1Cc1ccc(C)cc1. The number of fused-ring (bicyclic) bond motifs is 1. The number of nitrogens with one attached hydrogen (secondary N) is 1. The fourth-order valence-corrected chi connectivity index (χ4v) is 4.29. The molecule has 0 saturated carbocycles. The van der Waals surface area contributed by atoms with Crippen LogP contribution in [0.2, 0.25) is 0 Å². The van der Waals surface area contributed by atoms with Crippen molar-refractivity contribution in [3.63, 3.8) is 0 Å². The van der Waals surface area contributed by atoms with Gasteiger partial charge in [-0.3, -0.25) is 19.0 Å². The fourth-order valence-electron chi connectivity index (χ4n) is 3.49. The average molecular weight is 458 g/mol. The van der Waals surface area contributed by atoms with Crippen molar-refractivity contribution in [1.82, 2.24) is 9.55 Å². The van der Waals surface area contributed by atoms with Gasteiger partial charge in [0.25, 0.3) is 5.56 Å². The van der Waals surface area contributed by atoms with E-state index in [0.29, 0.717) is 33.9 Å². The second-order valence-electron chi connectivity index (χ2n) is 7.73. The third-order valence-electron chi connectivity index (χ3n) is 5.20. The smallest absolute Gasteiger partial charge is 0.262 e. The first-order valence-corrected chi connectivity index (χ1v) is 11.5. The predicted molar refractivity (Wildman–Crippen MR) is 132 cm³/mol. The summed E-state index contributed by atoms with van der Waals surface area (Å²) in [7, 11) is 0. The van der Waals surface area contributed by atoms with Crippen molar-refractivity contribution >= 4 is 40.0 Å². The van der Waals surface area contributed by atoms with Gasteiger partial charge in [-0.2, -0.15) is 0 Å². The summed E-state index contributed by atoms with van der Waals surface area (Å²) in [6.07, 6.45) is 0. The Bertz CT molecular complexity index is 1390. The van der Waals surface area contributed by atoms with Gasteiger partial charge in [-0.15, -0.1) is 0 Å². The largest absolute Gasteiger partial charge is 0.325 e. The number of para-hydroxylation sites is 2. The van der Waals surface area contributed by atoms with Crippen molar-refractivity contribution in [1.29, 1.82) is 0 Å². The van der Waals surface area contributed by atoms with Crippen molar-refractivity contribution in [2.45, 2.75) is 25.5 Å². The van der Waals surface area contributed by atoms with Crippen LogP contribution < -0.4 is 10.9 Å². The quantitative estimate of drug-likeness (QED) is 0.247. The summed E-state index contributed by atoms with van der Waals surface area (Å²) >= 11 is 1.19. The lowest BCUT2D eigenvalue weighted by atomic mass is 10.1. The van der Waals surface area contributed by atoms with Crippen molar-refractivity contribution in [3.8, 4) is 0 Å². The van der Waals surface area contributed by atoms with Gasteiger partial charge in [-0.25, -0.2) is 4.98 Å². The summed E-state index contributed by atoms with van der Waals surface area (Å²) in [6, 6.07) is 22.1. The third-order valence-corrected chi connectivity index (χ3v) is 6.18. The maximum Gasteiger partial charge on any atom is 0.262 e. The normalized spacial score (nSPS) is 10.8. The Morgan fingerprint density at radius 1 is 0.970 bits per heavy atom. The number of Topliss-reactive ketones (excluding diaryl/α,β-unsaturated/α-hetero) is 1. The zero-order valence-electron chi connectivity index (χ0n) is 18.4. The molecule has 0 saturated heterocycles. The number of anilines is 1. The van der Waals surface area contributed by atoms with Crippen LogP contribution in [0.3, 0.4) is 0 Å². The highest BCUT2D eigenvalue weighted by molar-refractivity contribution is 7.99. The number of carbonyl (C=O) groups excluding carboxylic acids is 2. The van der Waals surface area contributed by atoms with E-state index in [4.69, 9.17) is 0 Å². The number of benzene rings is 3. The molecule has 4 aromatic rings. The molecule has 0 atom stereocenters. The highest BCUT2D eigenvalue weighted by atomic mass is 32.2. The first kappa shape index (κ1) is 22.5. The lowest BCUT2D eigenvalue weighted by Gasteiger charge is -2.14. The molecular weight excluding hydrogens is 434 g/mol. The Kier molecular flexibility index (Phi) is 6.70. The van der Waals surface area contributed by atoms with Gasteiger partial charge >= 0.3 is 0 Å². The molecule has 1 heterocycles. The minimum absolute atomic E-state index is 0.0465. The molecule has 6 nitrogen and oxygen atoms in total. The summed E-state index contributed by atoms with van der Waals surface area (Å²) in [4.78, 5) is 42.4. The first-order valence-electron chi connectivity index (χ1n) is 10.5. The molecular formula is C26H23N3O3S. The van der Waals surface area contributed by atoms with E-state index in [0.717, 1.165) is 11.1 Å². The van der Waals surface area contributed by atoms with E-state index in [1.807, 2.05) is 43.3 Å². The first-order chi connectivity index (χ1) is 15.9. The molecule has 0 aliphatic heterocycles. The molecule has 0 aliphatic carbocycles. The molecule has 0 fully saturated rings. The van der Waals surface area contributed by atoms with Gasteiger partial charge in [0.1, 0.15) is 0 Å². The molecule has 3 aromatic carbocycles.